The molecule has 4 nitrogen and oxygen atoms in total. The van der Waals surface area contributed by atoms with Gasteiger partial charge in [0.2, 0.25) is 0 Å². The summed E-state index contributed by atoms with van der Waals surface area (Å²) >= 11 is 0. The van der Waals surface area contributed by atoms with Crippen molar-refractivity contribution in [2.24, 2.45) is 0 Å². The molecule has 0 amide bonds. The van der Waals surface area contributed by atoms with Crippen LogP contribution in [0.4, 0.5) is 10.1 Å². The second-order valence-electron chi connectivity index (χ2n) is 6.42. The molecule has 0 spiro atoms. The first-order valence-corrected chi connectivity index (χ1v) is 8.49. The van der Waals surface area contributed by atoms with Crippen LogP contribution in [0.5, 0.6) is 5.75 Å². The van der Waals surface area contributed by atoms with E-state index in [-0.39, 0.29) is 12.8 Å². The lowest BCUT2D eigenvalue weighted by Gasteiger charge is -2.28. The zero-order valence-corrected chi connectivity index (χ0v) is 14.3. The van der Waals surface area contributed by atoms with Crippen molar-refractivity contribution in [1.29, 1.82) is 0 Å². The van der Waals surface area contributed by atoms with E-state index in [2.05, 4.69) is 30.1 Å². The van der Waals surface area contributed by atoms with Gasteiger partial charge in [0, 0.05) is 31.8 Å². The van der Waals surface area contributed by atoms with Crippen LogP contribution in [0.2, 0.25) is 0 Å². The van der Waals surface area contributed by atoms with Crippen molar-refractivity contribution in [3.05, 3.63) is 58.9 Å². The molecule has 1 N–H and O–H groups in total. The molecular weight excluding hydrogens is 321 g/mol. The van der Waals surface area contributed by atoms with E-state index in [0.717, 1.165) is 18.5 Å². The van der Waals surface area contributed by atoms with Crippen LogP contribution in [-0.2, 0) is 24.2 Å². The van der Waals surface area contributed by atoms with Gasteiger partial charge in [-0.2, -0.15) is 0 Å². The van der Waals surface area contributed by atoms with Crippen molar-refractivity contribution >= 4 is 11.7 Å². The summed E-state index contributed by atoms with van der Waals surface area (Å²) in [6, 6.07) is 10.9. The summed E-state index contributed by atoms with van der Waals surface area (Å²) in [6.45, 7) is 1.43. The number of fused-ring (bicyclic) bond motifs is 1. The maximum absolute atomic E-state index is 14.0. The lowest BCUT2D eigenvalue weighted by molar-refractivity contribution is -0.136. The molecule has 3 rings (SSSR count). The second kappa shape index (κ2) is 7.55. The summed E-state index contributed by atoms with van der Waals surface area (Å²) in [6.07, 6.45) is 2.37. The van der Waals surface area contributed by atoms with Crippen LogP contribution in [0.25, 0.3) is 0 Å². The number of hydrogen-bond acceptors (Lipinski definition) is 3. The van der Waals surface area contributed by atoms with Gasteiger partial charge in [-0.3, -0.25) is 4.79 Å². The number of benzene rings is 2. The Balaban J connectivity index is 1.64. The first-order valence-electron chi connectivity index (χ1n) is 8.49. The highest BCUT2D eigenvalue weighted by atomic mass is 19.1. The minimum Gasteiger partial charge on any atom is -0.489 e. The van der Waals surface area contributed by atoms with Gasteiger partial charge in [-0.1, -0.05) is 18.2 Å². The Kier molecular flexibility index (Phi) is 5.22. The van der Waals surface area contributed by atoms with Crippen molar-refractivity contribution in [3.8, 4) is 5.75 Å². The molecule has 0 aromatic heterocycles. The summed E-state index contributed by atoms with van der Waals surface area (Å²) in [4.78, 5) is 12.8. The van der Waals surface area contributed by atoms with E-state index in [9.17, 15) is 9.18 Å². The number of halogens is 1. The van der Waals surface area contributed by atoms with Crippen LogP contribution in [-0.4, -0.2) is 24.7 Å². The number of hydrogen-bond donors (Lipinski definition) is 1. The third-order valence-electron chi connectivity index (χ3n) is 4.54. The quantitative estimate of drug-likeness (QED) is 0.867. The molecule has 1 heterocycles. The van der Waals surface area contributed by atoms with Crippen molar-refractivity contribution in [1.82, 2.24) is 0 Å². The van der Waals surface area contributed by atoms with Crippen molar-refractivity contribution in [3.63, 3.8) is 0 Å². The van der Waals surface area contributed by atoms with E-state index >= 15 is 0 Å². The number of carbonyl (C=O) groups is 1. The molecule has 2 aromatic rings. The normalized spacial score (nSPS) is 13.4. The lowest BCUT2D eigenvalue weighted by Crippen LogP contribution is -2.24. The van der Waals surface area contributed by atoms with Gasteiger partial charge in [0.05, 0.1) is 0 Å². The van der Waals surface area contributed by atoms with Gasteiger partial charge in [-0.25, -0.2) is 4.39 Å². The van der Waals surface area contributed by atoms with E-state index in [1.165, 1.54) is 23.7 Å². The summed E-state index contributed by atoms with van der Waals surface area (Å²) in [5.41, 5.74) is 4.03. The maximum atomic E-state index is 14.0. The molecule has 0 atom stereocenters. The number of anilines is 1. The van der Waals surface area contributed by atoms with Gasteiger partial charge in [0.25, 0.3) is 0 Å². The number of rotatable bonds is 6. The van der Waals surface area contributed by atoms with Crippen LogP contribution in [0.1, 0.15) is 29.5 Å². The van der Waals surface area contributed by atoms with Crippen molar-refractivity contribution in [2.75, 3.05) is 18.5 Å². The Morgan fingerprint density at radius 1 is 1.28 bits per heavy atom. The molecule has 0 bridgehead atoms. The van der Waals surface area contributed by atoms with Crippen LogP contribution in [0, 0.1) is 5.82 Å². The Labute approximate surface area is 146 Å². The zero-order valence-electron chi connectivity index (χ0n) is 14.3. The van der Waals surface area contributed by atoms with Gasteiger partial charge in [0.1, 0.15) is 18.2 Å². The van der Waals surface area contributed by atoms with Crippen LogP contribution < -0.4 is 9.64 Å². The molecule has 0 saturated heterocycles. The standard InChI is InChI=1S/C20H22FNO3/c1-22-10-2-3-16-5-4-14(11-19(16)22)13-25-17-8-6-15(18(21)12-17)7-9-20(23)24/h4-6,8,11-12H,2-3,7,9-10,13H2,1H3,(H,23,24). The first-order chi connectivity index (χ1) is 12.0. The molecular formula is C20H22FNO3. The van der Waals surface area contributed by atoms with E-state index in [1.807, 2.05) is 0 Å². The smallest absolute Gasteiger partial charge is 0.303 e. The van der Waals surface area contributed by atoms with Crippen molar-refractivity contribution < 1.29 is 19.0 Å². The maximum Gasteiger partial charge on any atom is 0.303 e. The van der Waals surface area contributed by atoms with E-state index in [0.29, 0.717) is 17.9 Å². The SMILES string of the molecule is CN1CCCc2ccc(COc3ccc(CCC(=O)O)c(F)c3)cc21. The summed E-state index contributed by atoms with van der Waals surface area (Å²) in [7, 11) is 2.09. The van der Waals surface area contributed by atoms with Gasteiger partial charge >= 0.3 is 5.97 Å². The molecule has 0 radical (unpaired) electrons. The topological polar surface area (TPSA) is 49.8 Å². The van der Waals surface area contributed by atoms with E-state index in [1.54, 1.807) is 12.1 Å². The second-order valence-corrected chi connectivity index (χ2v) is 6.42. The predicted molar refractivity (Wildman–Crippen MR) is 94.7 cm³/mol. The Bertz CT molecular complexity index is 776. The number of ether oxygens (including phenoxy) is 1. The molecule has 0 unspecified atom stereocenters. The summed E-state index contributed by atoms with van der Waals surface area (Å²) < 4.78 is 19.7. The summed E-state index contributed by atoms with van der Waals surface area (Å²) in [5.74, 6) is -0.913. The Morgan fingerprint density at radius 3 is 2.88 bits per heavy atom. The molecule has 0 aliphatic carbocycles. The minimum atomic E-state index is -0.933. The first kappa shape index (κ1) is 17.3. The Morgan fingerprint density at radius 2 is 2.12 bits per heavy atom. The van der Waals surface area contributed by atoms with Gasteiger partial charge in [0.15, 0.2) is 0 Å². The van der Waals surface area contributed by atoms with Crippen LogP contribution in [0.3, 0.4) is 0 Å². The number of aryl methyl sites for hydroxylation is 2. The average Bonchev–Trinajstić information content (AvgIpc) is 2.59. The van der Waals surface area contributed by atoms with Crippen LogP contribution >= 0.6 is 0 Å². The third kappa shape index (κ3) is 4.29. The number of nitrogens with zero attached hydrogens (tertiary/aromatic N) is 1. The minimum absolute atomic E-state index is 0.0836. The monoisotopic (exact) mass is 343 g/mol. The predicted octanol–water partition coefficient (Wildman–Crippen LogP) is 3.80. The largest absolute Gasteiger partial charge is 0.489 e. The molecule has 0 saturated carbocycles. The fraction of sp³-hybridized carbons (Fsp3) is 0.350. The third-order valence-corrected chi connectivity index (χ3v) is 4.54. The lowest BCUT2D eigenvalue weighted by atomic mass is 10.0. The highest BCUT2D eigenvalue weighted by Gasteiger charge is 2.14. The highest BCUT2D eigenvalue weighted by Crippen LogP contribution is 2.27. The molecule has 25 heavy (non-hydrogen) atoms. The van der Waals surface area contributed by atoms with E-state index < -0.39 is 11.8 Å². The fourth-order valence-electron chi connectivity index (χ4n) is 3.12. The fourth-order valence-corrected chi connectivity index (χ4v) is 3.12. The van der Waals surface area contributed by atoms with Gasteiger partial charge in [-0.15, -0.1) is 0 Å². The number of aliphatic carboxylic acids is 1. The number of carboxylic acid groups (broad SMARTS) is 1. The molecule has 5 heteroatoms. The highest BCUT2D eigenvalue weighted by molar-refractivity contribution is 5.67. The summed E-state index contributed by atoms with van der Waals surface area (Å²) in [5, 5.41) is 8.68. The van der Waals surface area contributed by atoms with Crippen LogP contribution in [0.15, 0.2) is 36.4 Å². The molecule has 132 valence electrons. The average molecular weight is 343 g/mol. The van der Waals surface area contributed by atoms with Gasteiger partial charge < -0.3 is 14.7 Å². The van der Waals surface area contributed by atoms with Crippen molar-refractivity contribution in [2.45, 2.75) is 32.3 Å². The number of carboxylic acids is 1. The molecule has 0 fully saturated rings. The van der Waals surface area contributed by atoms with Gasteiger partial charge in [-0.05, 0) is 48.1 Å². The molecule has 1 aliphatic rings. The zero-order chi connectivity index (χ0) is 17.8. The van der Waals surface area contributed by atoms with E-state index in [4.69, 9.17) is 9.84 Å². The molecule has 2 aromatic carbocycles. The Hall–Kier alpha value is -2.56. The molecule has 1 aliphatic heterocycles.